The van der Waals surface area contributed by atoms with Crippen LogP contribution in [0.5, 0.6) is 0 Å². The van der Waals surface area contributed by atoms with Crippen LogP contribution in [0.4, 0.5) is 5.69 Å². The predicted octanol–water partition coefficient (Wildman–Crippen LogP) is -0.0398. The molecule has 0 bridgehead atoms. The first-order chi connectivity index (χ1) is 7.99. The van der Waals surface area contributed by atoms with E-state index in [1.165, 1.54) is 10.9 Å². The zero-order valence-electron chi connectivity index (χ0n) is 9.51. The maximum absolute atomic E-state index is 11.0. The van der Waals surface area contributed by atoms with E-state index in [0.717, 1.165) is 5.69 Å². The number of anilines is 1. The molecule has 2 aromatic rings. The van der Waals surface area contributed by atoms with E-state index < -0.39 is 5.91 Å². The molecule has 1 amide bonds. The molecule has 0 radical (unpaired) electrons. The highest BCUT2D eigenvalue weighted by Crippen LogP contribution is 2.14. The van der Waals surface area contributed by atoms with Gasteiger partial charge < -0.3 is 11.5 Å². The zero-order valence-corrected chi connectivity index (χ0v) is 9.51. The highest BCUT2D eigenvalue weighted by molar-refractivity contribution is 5.95. The van der Waals surface area contributed by atoms with Crippen LogP contribution in [0.15, 0.2) is 12.4 Å². The van der Waals surface area contributed by atoms with E-state index in [2.05, 4.69) is 15.1 Å². The van der Waals surface area contributed by atoms with Gasteiger partial charge in [0, 0.05) is 6.20 Å². The number of hydrogen-bond acceptors (Lipinski definition) is 5. The lowest BCUT2D eigenvalue weighted by atomic mass is 10.4. The second-order valence-corrected chi connectivity index (χ2v) is 3.66. The van der Waals surface area contributed by atoms with Crippen LogP contribution in [0.1, 0.15) is 21.9 Å². The fourth-order valence-corrected chi connectivity index (χ4v) is 1.43. The van der Waals surface area contributed by atoms with Crippen LogP contribution in [0.2, 0.25) is 0 Å². The van der Waals surface area contributed by atoms with E-state index in [1.807, 2.05) is 6.92 Å². The summed E-state index contributed by atoms with van der Waals surface area (Å²) in [6, 6.07) is 0. The summed E-state index contributed by atoms with van der Waals surface area (Å²) in [4.78, 5) is 19.5. The van der Waals surface area contributed by atoms with Crippen LogP contribution in [0.3, 0.4) is 0 Å². The van der Waals surface area contributed by atoms with Gasteiger partial charge in [0.05, 0.1) is 23.3 Å². The molecule has 88 valence electrons. The number of nitrogens with two attached hydrogens (primary N) is 2. The molecule has 0 aliphatic carbocycles. The molecule has 0 unspecified atom stereocenters. The summed E-state index contributed by atoms with van der Waals surface area (Å²) < 4.78 is 1.41. The lowest BCUT2D eigenvalue weighted by molar-refractivity contribution is 0.0996. The Hall–Kier alpha value is -2.44. The Morgan fingerprint density at radius 3 is 2.71 bits per heavy atom. The zero-order chi connectivity index (χ0) is 12.6. The molecule has 0 saturated carbocycles. The molecule has 7 nitrogen and oxygen atoms in total. The molecule has 0 fully saturated rings. The fraction of sp³-hybridized carbons (Fsp3) is 0.200. The van der Waals surface area contributed by atoms with Gasteiger partial charge in [-0.05, 0) is 13.8 Å². The minimum absolute atomic E-state index is 0.0349. The highest BCUT2D eigenvalue weighted by Gasteiger charge is 2.14. The van der Waals surface area contributed by atoms with E-state index >= 15 is 0 Å². The molecule has 17 heavy (non-hydrogen) atoms. The number of amides is 1. The Balaban J connectivity index is 2.57. The van der Waals surface area contributed by atoms with Gasteiger partial charge in [-0.2, -0.15) is 5.10 Å². The van der Waals surface area contributed by atoms with E-state index in [-0.39, 0.29) is 11.4 Å². The van der Waals surface area contributed by atoms with E-state index in [0.29, 0.717) is 11.5 Å². The lowest BCUT2D eigenvalue weighted by Gasteiger charge is -2.04. The van der Waals surface area contributed by atoms with Crippen molar-refractivity contribution in [1.82, 2.24) is 19.7 Å². The molecule has 2 aromatic heterocycles. The summed E-state index contributed by atoms with van der Waals surface area (Å²) in [5, 5.41) is 4.00. The van der Waals surface area contributed by atoms with E-state index in [4.69, 9.17) is 11.5 Å². The third-order valence-corrected chi connectivity index (χ3v) is 2.24. The van der Waals surface area contributed by atoms with E-state index in [1.54, 1.807) is 13.1 Å². The molecule has 0 spiro atoms. The van der Waals surface area contributed by atoms with Crippen molar-refractivity contribution in [2.24, 2.45) is 5.73 Å². The van der Waals surface area contributed by atoms with Gasteiger partial charge in [-0.1, -0.05) is 0 Å². The predicted molar refractivity (Wildman–Crippen MR) is 61.6 cm³/mol. The Labute approximate surface area is 97.5 Å². The van der Waals surface area contributed by atoms with Crippen molar-refractivity contribution in [3.8, 4) is 5.82 Å². The Kier molecular flexibility index (Phi) is 2.51. The summed E-state index contributed by atoms with van der Waals surface area (Å²) in [6.45, 7) is 3.61. The van der Waals surface area contributed by atoms with Crippen LogP contribution in [-0.2, 0) is 0 Å². The van der Waals surface area contributed by atoms with Crippen molar-refractivity contribution in [3.05, 3.63) is 29.5 Å². The van der Waals surface area contributed by atoms with Gasteiger partial charge in [-0.15, -0.1) is 0 Å². The van der Waals surface area contributed by atoms with Crippen LogP contribution in [0.25, 0.3) is 5.82 Å². The standard InChI is InChI=1S/C10H12N6O/c1-5-3-13-6(2)10(14-5)16-4-7(11)8(15-16)9(12)17/h3-4H,11H2,1-2H3,(H2,12,17). The SMILES string of the molecule is Cc1cnc(C)c(-n2cc(N)c(C(N)=O)n2)n1. The van der Waals surface area contributed by atoms with Crippen LogP contribution < -0.4 is 11.5 Å². The molecular formula is C10H12N6O. The minimum atomic E-state index is -0.667. The van der Waals surface area contributed by atoms with E-state index in [9.17, 15) is 4.79 Å². The number of primary amides is 1. The molecule has 7 heteroatoms. The maximum Gasteiger partial charge on any atom is 0.271 e. The first-order valence-electron chi connectivity index (χ1n) is 4.94. The third kappa shape index (κ3) is 1.94. The Bertz CT molecular complexity index is 588. The molecule has 0 saturated heterocycles. The Morgan fingerprint density at radius 2 is 2.12 bits per heavy atom. The molecule has 0 aliphatic rings. The summed E-state index contributed by atoms with van der Waals surface area (Å²) in [7, 11) is 0. The molecule has 0 aliphatic heterocycles. The monoisotopic (exact) mass is 232 g/mol. The third-order valence-electron chi connectivity index (χ3n) is 2.24. The normalized spacial score (nSPS) is 10.5. The molecule has 2 heterocycles. The van der Waals surface area contributed by atoms with Gasteiger partial charge in [-0.25, -0.2) is 9.67 Å². The number of nitrogens with zero attached hydrogens (tertiary/aromatic N) is 4. The van der Waals surface area contributed by atoms with Crippen LogP contribution in [0, 0.1) is 13.8 Å². The van der Waals surface area contributed by atoms with Crippen LogP contribution >= 0.6 is 0 Å². The average molecular weight is 232 g/mol. The maximum atomic E-state index is 11.0. The van der Waals surface area contributed by atoms with Crippen molar-refractivity contribution in [2.75, 3.05) is 5.73 Å². The fourth-order valence-electron chi connectivity index (χ4n) is 1.43. The first kappa shape index (κ1) is 11.1. The lowest BCUT2D eigenvalue weighted by Crippen LogP contribution is -2.14. The second-order valence-electron chi connectivity index (χ2n) is 3.66. The number of aryl methyl sites for hydroxylation is 2. The molecule has 2 rings (SSSR count). The average Bonchev–Trinajstić information content (AvgIpc) is 2.64. The molecule has 0 aromatic carbocycles. The van der Waals surface area contributed by atoms with Gasteiger partial charge in [0.2, 0.25) is 0 Å². The number of aromatic nitrogens is 4. The van der Waals surface area contributed by atoms with Crippen molar-refractivity contribution in [2.45, 2.75) is 13.8 Å². The quantitative estimate of drug-likeness (QED) is 0.754. The number of carbonyl (C=O) groups excluding carboxylic acids is 1. The topological polar surface area (TPSA) is 113 Å². The van der Waals surface area contributed by atoms with Crippen molar-refractivity contribution >= 4 is 11.6 Å². The molecule has 0 atom stereocenters. The summed E-state index contributed by atoms with van der Waals surface area (Å²) >= 11 is 0. The van der Waals surface area contributed by atoms with Gasteiger partial charge >= 0.3 is 0 Å². The summed E-state index contributed by atoms with van der Waals surface area (Å²) in [5.74, 6) is -0.135. The number of hydrogen-bond donors (Lipinski definition) is 2. The van der Waals surface area contributed by atoms with Gasteiger partial charge in [-0.3, -0.25) is 9.78 Å². The van der Waals surface area contributed by atoms with Gasteiger partial charge in [0.15, 0.2) is 11.5 Å². The van der Waals surface area contributed by atoms with Crippen molar-refractivity contribution in [1.29, 1.82) is 0 Å². The van der Waals surface area contributed by atoms with Gasteiger partial charge in [0.1, 0.15) is 0 Å². The minimum Gasteiger partial charge on any atom is -0.396 e. The molecular weight excluding hydrogens is 220 g/mol. The van der Waals surface area contributed by atoms with Gasteiger partial charge in [0.25, 0.3) is 5.91 Å². The molecule has 4 N–H and O–H groups in total. The van der Waals surface area contributed by atoms with Crippen LogP contribution in [-0.4, -0.2) is 25.7 Å². The summed E-state index contributed by atoms with van der Waals surface area (Å²) in [5.41, 5.74) is 12.5. The summed E-state index contributed by atoms with van der Waals surface area (Å²) in [6.07, 6.45) is 3.15. The highest BCUT2D eigenvalue weighted by atomic mass is 16.1. The second kappa shape index (κ2) is 3.85. The number of rotatable bonds is 2. The largest absolute Gasteiger partial charge is 0.396 e. The van der Waals surface area contributed by atoms with Crippen molar-refractivity contribution in [3.63, 3.8) is 0 Å². The number of carbonyl (C=O) groups is 1. The smallest absolute Gasteiger partial charge is 0.271 e. The van der Waals surface area contributed by atoms with Crippen molar-refractivity contribution < 1.29 is 4.79 Å². The first-order valence-corrected chi connectivity index (χ1v) is 4.94. The Morgan fingerprint density at radius 1 is 1.41 bits per heavy atom. The number of nitrogen functional groups attached to an aromatic ring is 1.